The monoisotopic (exact) mass is 394 g/mol. The summed E-state index contributed by atoms with van der Waals surface area (Å²) >= 11 is 3.49. The molecule has 0 saturated carbocycles. The van der Waals surface area contributed by atoms with Gasteiger partial charge >= 0.3 is 0 Å². The SMILES string of the molecule is COc1ccc(C(=O)NCC(=O)NCCSCc2cccs2)cc1OC. The zero-order valence-corrected chi connectivity index (χ0v) is 16.4. The van der Waals surface area contributed by atoms with Crippen molar-refractivity contribution < 1.29 is 19.1 Å². The summed E-state index contributed by atoms with van der Waals surface area (Å²) in [5.41, 5.74) is 0.405. The van der Waals surface area contributed by atoms with Gasteiger partial charge in [-0.3, -0.25) is 9.59 Å². The van der Waals surface area contributed by atoms with Crippen LogP contribution in [-0.2, 0) is 10.5 Å². The summed E-state index contributed by atoms with van der Waals surface area (Å²) in [5, 5.41) is 7.45. The summed E-state index contributed by atoms with van der Waals surface area (Å²) in [6.07, 6.45) is 0. The number of benzene rings is 1. The van der Waals surface area contributed by atoms with E-state index in [-0.39, 0.29) is 18.4 Å². The van der Waals surface area contributed by atoms with Crippen molar-refractivity contribution in [2.45, 2.75) is 5.75 Å². The lowest BCUT2D eigenvalue weighted by molar-refractivity contribution is -0.120. The van der Waals surface area contributed by atoms with E-state index in [4.69, 9.17) is 9.47 Å². The van der Waals surface area contributed by atoms with Gasteiger partial charge in [0.1, 0.15) is 0 Å². The molecule has 0 fully saturated rings. The molecule has 2 amide bonds. The molecule has 0 radical (unpaired) electrons. The van der Waals surface area contributed by atoms with Gasteiger partial charge in [0, 0.05) is 28.5 Å². The third-order valence-electron chi connectivity index (χ3n) is 3.45. The summed E-state index contributed by atoms with van der Waals surface area (Å²) in [6.45, 7) is 0.504. The van der Waals surface area contributed by atoms with E-state index in [0.29, 0.717) is 23.6 Å². The van der Waals surface area contributed by atoms with Crippen LogP contribution in [0.4, 0.5) is 0 Å². The minimum atomic E-state index is -0.340. The van der Waals surface area contributed by atoms with Crippen molar-refractivity contribution >= 4 is 34.9 Å². The van der Waals surface area contributed by atoms with Gasteiger partial charge in [0.05, 0.1) is 20.8 Å². The summed E-state index contributed by atoms with van der Waals surface area (Å²) in [7, 11) is 3.03. The number of nitrogens with one attached hydrogen (secondary N) is 2. The van der Waals surface area contributed by atoms with Crippen LogP contribution < -0.4 is 20.1 Å². The van der Waals surface area contributed by atoms with Crippen LogP contribution in [0.1, 0.15) is 15.2 Å². The number of rotatable bonds is 10. The maximum Gasteiger partial charge on any atom is 0.251 e. The standard InChI is InChI=1S/C18H22N2O4S2/c1-23-15-6-5-13(10-16(15)24-2)18(22)20-11-17(21)19-7-9-25-12-14-4-3-8-26-14/h3-6,8,10H,7,9,11-12H2,1-2H3,(H,19,21)(H,20,22). The first-order valence-corrected chi connectivity index (χ1v) is 10.0. The highest BCUT2D eigenvalue weighted by atomic mass is 32.2. The molecular formula is C18H22N2O4S2. The zero-order valence-electron chi connectivity index (χ0n) is 14.7. The minimum absolute atomic E-state index is 0.0667. The van der Waals surface area contributed by atoms with Gasteiger partial charge < -0.3 is 20.1 Å². The van der Waals surface area contributed by atoms with E-state index in [1.54, 1.807) is 41.3 Å². The van der Waals surface area contributed by atoms with Crippen molar-refractivity contribution in [1.29, 1.82) is 0 Å². The Morgan fingerprint density at radius 2 is 1.92 bits per heavy atom. The van der Waals surface area contributed by atoms with Crippen LogP contribution >= 0.6 is 23.1 Å². The average Bonchev–Trinajstić information content (AvgIpc) is 3.18. The third-order valence-corrected chi connectivity index (χ3v) is 5.52. The van der Waals surface area contributed by atoms with E-state index >= 15 is 0 Å². The first-order chi connectivity index (χ1) is 12.6. The van der Waals surface area contributed by atoms with Crippen molar-refractivity contribution in [3.05, 3.63) is 46.2 Å². The van der Waals surface area contributed by atoms with E-state index in [1.165, 1.54) is 19.1 Å². The predicted octanol–water partition coefficient (Wildman–Crippen LogP) is 2.54. The second-order valence-corrected chi connectivity index (χ2v) is 7.37. The van der Waals surface area contributed by atoms with Gasteiger partial charge in [-0.05, 0) is 29.6 Å². The van der Waals surface area contributed by atoms with E-state index in [1.807, 2.05) is 6.07 Å². The van der Waals surface area contributed by atoms with Crippen molar-refractivity contribution in [2.24, 2.45) is 0 Å². The normalized spacial score (nSPS) is 10.2. The molecule has 0 aliphatic heterocycles. The highest BCUT2D eigenvalue weighted by Crippen LogP contribution is 2.27. The lowest BCUT2D eigenvalue weighted by Gasteiger charge is -2.10. The number of ether oxygens (including phenoxy) is 2. The van der Waals surface area contributed by atoms with Gasteiger partial charge in [-0.1, -0.05) is 6.07 Å². The molecule has 26 heavy (non-hydrogen) atoms. The van der Waals surface area contributed by atoms with Gasteiger partial charge in [-0.2, -0.15) is 11.8 Å². The number of amides is 2. The molecule has 2 N–H and O–H groups in total. The second-order valence-electron chi connectivity index (χ2n) is 5.23. The lowest BCUT2D eigenvalue weighted by Crippen LogP contribution is -2.37. The van der Waals surface area contributed by atoms with Gasteiger partial charge in [0.25, 0.3) is 5.91 Å². The molecule has 1 aromatic carbocycles. The Bertz CT molecular complexity index is 720. The van der Waals surface area contributed by atoms with Crippen LogP contribution in [0.25, 0.3) is 0 Å². The minimum Gasteiger partial charge on any atom is -0.493 e. The molecular weight excluding hydrogens is 372 g/mol. The highest BCUT2D eigenvalue weighted by Gasteiger charge is 2.11. The fourth-order valence-corrected chi connectivity index (χ4v) is 3.83. The summed E-state index contributed by atoms with van der Waals surface area (Å²) < 4.78 is 10.3. The topological polar surface area (TPSA) is 76.7 Å². The zero-order chi connectivity index (χ0) is 18.8. The van der Waals surface area contributed by atoms with Gasteiger partial charge in [0.15, 0.2) is 11.5 Å². The van der Waals surface area contributed by atoms with Gasteiger partial charge in [-0.25, -0.2) is 0 Å². The molecule has 1 heterocycles. The average molecular weight is 395 g/mol. The molecule has 0 atom stereocenters. The van der Waals surface area contributed by atoms with E-state index in [2.05, 4.69) is 22.1 Å². The first-order valence-electron chi connectivity index (χ1n) is 8.01. The first kappa shape index (κ1) is 20.1. The number of thioether (sulfide) groups is 1. The Kier molecular flexibility index (Phi) is 8.30. The molecule has 0 unspecified atom stereocenters. The molecule has 1 aromatic heterocycles. The molecule has 8 heteroatoms. The smallest absolute Gasteiger partial charge is 0.251 e. The van der Waals surface area contributed by atoms with Crippen molar-refractivity contribution in [3.8, 4) is 11.5 Å². The van der Waals surface area contributed by atoms with Crippen molar-refractivity contribution in [2.75, 3.05) is 33.1 Å². The van der Waals surface area contributed by atoms with Crippen LogP contribution in [0.5, 0.6) is 11.5 Å². The Labute approximate surface area is 161 Å². The van der Waals surface area contributed by atoms with Crippen LogP contribution in [0.15, 0.2) is 35.7 Å². The molecule has 140 valence electrons. The molecule has 0 bridgehead atoms. The third kappa shape index (κ3) is 6.27. The molecule has 0 aliphatic rings. The van der Waals surface area contributed by atoms with E-state index in [9.17, 15) is 9.59 Å². The van der Waals surface area contributed by atoms with Gasteiger partial charge in [0.2, 0.25) is 5.91 Å². The Morgan fingerprint density at radius 1 is 1.12 bits per heavy atom. The molecule has 0 aliphatic carbocycles. The molecule has 2 aromatic rings. The number of hydrogen-bond donors (Lipinski definition) is 2. The second kappa shape index (κ2) is 10.7. The molecule has 2 rings (SSSR count). The number of carbonyl (C=O) groups is 2. The van der Waals surface area contributed by atoms with Crippen LogP contribution in [0.3, 0.4) is 0 Å². The number of hydrogen-bond acceptors (Lipinski definition) is 6. The fraction of sp³-hybridized carbons (Fsp3) is 0.333. The molecule has 6 nitrogen and oxygen atoms in total. The predicted molar refractivity (Wildman–Crippen MR) is 105 cm³/mol. The van der Waals surface area contributed by atoms with Crippen molar-refractivity contribution in [3.63, 3.8) is 0 Å². The van der Waals surface area contributed by atoms with E-state index < -0.39 is 0 Å². The van der Waals surface area contributed by atoms with Gasteiger partial charge in [-0.15, -0.1) is 11.3 Å². The lowest BCUT2D eigenvalue weighted by atomic mass is 10.2. The van der Waals surface area contributed by atoms with E-state index in [0.717, 1.165) is 11.5 Å². The number of thiophene rings is 1. The van der Waals surface area contributed by atoms with Crippen LogP contribution in [-0.4, -0.2) is 44.9 Å². The Balaban J connectivity index is 1.67. The summed E-state index contributed by atoms with van der Waals surface area (Å²) in [6, 6.07) is 8.98. The molecule has 0 spiro atoms. The highest BCUT2D eigenvalue weighted by molar-refractivity contribution is 7.98. The van der Waals surface area contributed by atoms with Crippen LogP contribution in [0.2, 0.25) is 0 Å². The maximum absolute atomic E-state index is 12.1. The van der Waals surface area contributed by atoms with Crippen molar-refractivity contribution in [1.82, 2.24) is 10.6 Å². The Hall–Kier alpha value is -2.19. The number of carbonyl (C=O) groups excluding carboxylic acids is 2. The number of methoxy groups -OCH3 is 2. The fourth-order valence-electron chi connectivity index (χ4n) is 2.13. The van der Waals surface area contributed by atoms with Crippen LogP contribution in [0, 0.1) is 0 Å². The molecule has 0 saturated heterocycles. The quantitative estimate of drug-likeness (QED) is 0.606. The Morgan fingerprint density at radius 3 is 2.62 bits per heavy atom. The largest absolute Gasteiger partial charge is 0.493 e. The summed E-state index contributed by atoms with van der Waals surface area (Å²) in [4.78, 5) is 25.3. The maximum atomic E-state index is 12.1. The summed E-state index contributed by atoms with van der Waals surface area (Å²) in [5.74, 6) is 2.23.